The number of benzene rings is 1. The van der Waals surface area contributed by atoms with Gasteiger partial charge in [-0.15, -0.1) is 0 Å². The van der Waals surface area contributed by atoms with Gasteiger partial charge in [-0.3, -0.25) is 4.79 Å². The lowest BCUT2D eigenvalue weighted by molar-refractivity contribution is -0.151. The smallest absolute Gasteiger partial charge is 0.332 e. The van der Waals surface area contributed by atoms with E-state index in [1.807, 2.05) is 18.2 Å². The monoisotopic (exact) mass is 321 g/mol. The van der Waals surface area contributed by atoms with E-state index in [2.05, 4.69) is 5.32 Å². The van der Waals surface area contributed by atoms with E-state index >= 15 is 0 Å². The summed E-state index contributed by atoms with van der Waals surface area (Å²) in [7, 11) is 0. The van der Waals surface area contributed by atoms with E-state index in [0.29, 0.717) is 44.1 Å². The van der Waals surface area contributed by atoms with Crippen molar-refractivity contribution in [3.63, 3.8) is 0 Å². The molecular weight excluding hydrogens is 302 g/mol. The van der Waals surface area contributed by atoms with Crippen LogP contribution in [0.15, 0.2) is 18.2 Å². The zero-order valence-corrected chi connectivity index (χ0v) is 12.6. The highest BCUT2D eigenvalue weighted by Crippen LogP contribution is 2.30. The Labute approximate surface area is 133 Å². The van der Waals surface area contributed by atoms with Crippen LogP contribution in [0.1, 0.15) is 24.8 Å². The number of aliphatic carboxylic acids is 1. The molecule has 23 heavy (non-hydrogen) atoms. The van der Waals surface area contributed by atoms with Gasteiger partial charge < -0.3 is 24.6 Å². The Balaban J connectivity index is 1.55. The van der Waals surface area contributed by atoms with Crippen LogP contribution in [-0.4, -0.2) is 42.4 Å². The maximum atomic E-state index is 12.0. The van der Waals surface area contributed by atoms with Gasteiger partial charge in [-0.05, 0) is 30.5 Å². The van der Waals surface area contributed by atoms with E-state index in [1.165, 1.54) is 0 Å². The molecule has 2 aliphatic rings. The first kappa shape index (κ1) is 15.6. The molecular formula is C16H19NO6. The van der Waals surface area contributed by atoms with Crippen LogP contribution >= 0.6 is 0 Å². The lowest BCUT2D eigenvalue weighted by Crippen LogP contribution is -2.35. The van der Waals surface area contributed by atoms with Crippen LogP contribution in [-0.2, 0) is 20.9 Å². The number of carboxylic acids is 1. The Morgan fingerprint density at radius 2 is 1.87 bits per heavy atom. The van der Waals surface area contributed by atoms with E-state index in [9.17, 15) is 9.59 Å². The SMILES string of the molecule is O=C(NCc1ccc2c(c1)OCCCO2)[C@@H]1CC[C@H](C(=O)O)O1. The molecule has 0 aliphatic carbocycles. The number of amides is 1. The van der Waals surface area contributed by atoms with Crippen LogP contribution in [0.5, 0.6) is 11.5 Å². The quantitative estimate of drug-likeness (QED) is 0.862. The Morgan fingerprint density at radius 1 is 1.13 bits per heavy atom. The molecule has 1 amide bonds. The highest BCUT2D eigenvalue weighted by Gasteiger charge is 2.34. The minimum absolute atomic E-state index is 0.291. The first-order valence-electron chi connectivity index (χ1n) is 7.68. The summed E-state index contributed by atoms with van der Waals surface area (Å²) in [6, 6.07) is 5.54. The fourth-order valence-electron chi connectivity index (χ4n) is 2.63. The van der Waals surface area contributed by atoms with Crippen molar-refractivity contribution in [2.45, 2.75) is 38.0 Å². The second-order valence-corrected chi connectivity index (χ2v) is 5.58. The van der Waals surface area contributed by atoms with Crippen molar-refractivity contribution in [2.75, 3.05) is 13.2 Å². The third-order valence-electron chi connectivity index (χ3n) is 3.87. The van der Waals surface area contributed by atoms with Crippen LogP contribution < -0.4 is 14.8 Å². The van der Waals surface area contributed by atoms with Gasteiger partial charge in [0.15, 0.2) is 17.6 Å². The molecule has 0 spiro atoms. The van der Waals surface area contributed by atoms with Gasteiger partial charge in [-0.1, -0.05) is 6.07 Å². The average Bonchev–Trinajstić information content (AvgIpc) is 2.93. The predicted molar refractivity (Wildman–Crippen MR) is 79.4 cm³/mol. The van der Waals surface area contributed by atoms with Gasteiger partial charge in [0, 0.05) is 13.0 Å². The molecule has 1 fully saturated rings. The average molecular weight is 321 g/mol. The largest absolute Gasteiger partial charge is 0.490 e. The molecule has 1 aromatic carbocycles. The molecule has 124 valence electrons. The third kappa shape index (κ3) is 3.73. The molecule has 1 aromatic rings. The first-order chi connectivity index (χ1) is 11.1. The number of hydrogen-bond donors (Lipinski definition) is 2. The first-order valence-corrected chi connectivity index (χ1v) is 7.68. The number of nitrogens with one attached hydrogen (secondary N) is 1. The van der Waals surface area contributed by atoms with E-state index in [1.54, 1.807) is 0 Å². The van der Waals surface area contributed by atoms with Crippen LogP contribution in [0.3, 0.4) is 0 Å². The summed E-state index contributed by atoms with van der Waals surface area (Å²) >= 11 is 0. The number of hydrogen-bond acceptors (Lipinski definition) is 5. The Kier molecular flexibility index (Phi) is 4.66. The lowest BCUT2D eigenvalue weighted by Gasteiger charge is -2.13. The van der Waals surface area contributed by atoms with E-state index in [-0.39, 0.29) is 5.91 Å². The van der Waals surface area contributed by atoms with Gasteiger partial charge in [-0.25, -0.2) is 4.79 Å². The zero-order chi connectivity index (χ0) is 16.2. The second-order valence-electron chi connectivity index (χ2n) is 5.58. The van der Waals surface area contributed by atoms with Crippen molar-refractivity contribution < 1.29 is 28.9 Å². The summed E-state index contributed by atoms with van der Waals surface area (Å²) in [5.74, 6) is 0.0716. The lowest BCUT2D eigenvalue weighted by atomic mass is 10.1. The maximum absolute atomic E-state index is 12.0. The molecule has 3 rings (SSSR count). The number of carbonyl (C=O) groups excluding carboxylic acids is 1. The predicted octanol–water partition coefficient (Wildman–Crippen LogP) is 1.10. The van der Waals surface area contributed by atoms with Gasteiger partial charge in [0.25, 0.3) is 0 Å². The fourth-order valence-corrected chi connectivity index (χ4v) is 2.63. The minimum Gasteiger partial charge on any atom is -0.490 e. The Hall–Kier alpha value is -2.28. The topological polar surface area (TPSA) is 94.1 Å². The summed E-state index contributed by atoms with van der Waals surface area (Å²) in [6.07, 6.45) is 0.0339. The summed E-state index contributed by atoms with van der Waals surface area (Å²) in [5.41, 5.74) is 0.885. The number of ether oxygens (including phenoxy) is 3. The maximum Gasteiger partial charge on any atom is 0.332 e. The summed E-state index contributed by atoms with van der Waals surface area (Å²) in [4.78, 5) is 22.9. The van der Waals surface area contributed by atoms with Gasteiger partial charge in [0.05, 0.1) is 13.2 Å². The zero-order valence-electron chi connectivity index (χ0n) is 12.6. The van der Waals surface area contributed by atoms with Crippen LogP contribution in [0.2, 0.25) is 0 Å². The molecule has 2 heterocycles. The normalized spacial score (nSPS) is 23.1. The number of fused-ring (bicyclic) bond motifs is 1. The van der Waals surface area contributed by atoms with Gasteiger partial charge >= 0.3 is 5.97 Å². The minimum atomic E-state index is -1.02. The van der Waals surface area contributed by atoms with Gasteiger partial charge in [0.1, 0.15) is 6.10 Å². The standard InChI is InChI=1S/C16H19NO6/c18-15(12-4-5-13(23-12)16(19)20)17-9-10-2-3-11-14(8-10)22-7-1-6-21-11/h2-3,8,12-13H,1,4-7,9H2,(H,17,18)(H,19,20)/t12-,13+/m0/s1. The van der Waals surface area contributed by atoms with Crippen molar-refractivity contribution in [3.8, 4) is 11.5 Å². The molecule has 0 saturated carbocycles. The molecule has 2 aliphatic heterocycles. The van der Waals surface area contributed by atoms with Crippen molar-refractivity contribution >= 4 is 11.9 Å². The molecule has 1 saturated heterocycles. The Bertz CT molecular complexity index is 602. The second kappa shape index (κ2) is 6.87. The fraction of sp³-hybridized carbons (Fsp3) is 0.500. The summed E-state index contributed by atoms with van der Waals surface area (Å²) in [6.45, 7) is 1.56. The molecule has 0 unspecified atom stereocenters. The van der Waals surface area contributed by atoms with E-state index in [4.69, 9.17) is 19.3 Å². The number of rotatable bonds is 4. The summed E-state index contributed by atoms with van der Waals surface area (Å²) < 4.78 is 16.4. The molecule has 7 heteroatoms. The molecule has 7 nitrogen and oxygen atoms in total. The molecule has 2 atom stereocenters. The Morgan fingerprint density at radius 3 is 2.61 bits per heavy atom. The van der Waals surface area contributed by atoms with Crippen LogP contribution in [0.4, 0.5) is 0 Å². The van der Waals surface area contributed by atoms with Gasteiger partial charge in [0.2, 0.25) is 5.91 Å². The van der Waals surface area contributed by atoms with Crippen molar-refractivity contribution in [2.24, 2.45) is 0 Å². The van der Waals surface area contributed by atoms with Crippen molar-refractivity contribution in [1.82, 2.24) is 5.32 Å². The van der Waals surface area contributed by atoms with Crippen LogP contribution in [0, 0.1) is 0 Å². The van der Waals surface area contributed by atoms with E-state index < -0.39 is 18.2 Å². The molecule has 0 aromatic heterocycles. The van der Waals surface area contributed by atoms with Crippen LogP contribution in [0.25, 0.3) is 0 Å². The van der Waals surface area contributed by atoms with Gasteiger partial charge in [-0.2, -0.15) is 0 Å². The van der Waals surface area contributed by atoms with Crippen molar-refractivity contribution in [1.29, 1.82) is 0 Å². The molecule has 0 radical (unpaired) electrons. The third-order valence-corrected chi connectivity index (χ3v) is 3.87. The highest BCUT2D eigenvalue weighted by atomic mass is 16.5. The van der Waals surface area contributed by atoms with E-state index in [0.717, 1.165) is 12.0 Å². The molecule has 0 bridgehead atoms. The van der Waals surface area contributed by atoms with Crippen molar-refractivity contribution in [3.05, 3.63) is 23.8 Å². The highest BCUT2D eigenvalue weighted by molar-refractivity contribution is 5.82. The number of carboxylic acid groups (broad SMARTS) is 1. The number of carbonyl (C=O) groups is 2. The summed E-state index contributed by atoms with van der Waals surface area (Å²) in [5, 5.41) is 11.6. The molecule has 2 N–H and O–H groups in total.